The van der Waals surface area contributed by atoms with Crippen molar-refractivity contribution in [3.63, 3.8) is 0 Å². The van der Waals surface area contributed by atoms with Gasteiger partial charge < -0.3 is 5.73 Å². The predicted octanol–water partition coefficient (Wildman–Crippen LogP) is 2.83. The molecule has 78 valence electrons. The molecule has 3 unspecified atom stereocenters. The Labute approximate surface area is 87.9 Å². The Hall–Kier alpha value is 0.250. The van der Waals surface area contributed by atoms with Crippen LogP contribution in [0.25, 0.3) is 0 Å². The molecule has 2 saturated carbocycles. The van der Waals surface area contributed by atoms with E-state index in [0.29, 0.717) is 10.8 Å². The van der Waals surface area contributed by atoms with Gasteiger partial charge in [-0.25, -0.2) is 0 Å². The Morgan fingerprint density at radius 1 is 1.15 bits per heavy atom. The maximum absolute atomic E-state index is 5.93. The molecule has 0 amide bonds. The molecule has 2 N–H and O–H groups in total. The number of hydrogen-bond acceptors (Lipinski definition) is 1. The van der Waals surface area contributed by atoms with Crippen molar-refractivity contribution in [2.75, 3.05) is 6.54 Å². The first-order valence-electron chi connectivity index (χ1n) is 5.22. The fourth-order valence-corrected chi connectivity index (χ4v) is 3.64. The molecular formula is C11H22ClN. The largest absolute Gasteiger partial charge is 0.330 e. The highest BCUT2D eigenvalue weighted by atomic mass is 35.5. The highest BCUT2D eigenvalue weighted by Gasteiger charge is 2.59. The van der Waals surface area contributed by atoms with Crippen molar-refractivity contribution in [2.24, 2.45) is 28.4 Å². The summed E-state index contributed by atoms with van der Waals surface area (Å²) < 4.78 is 0. The van der Waals surface area contributed by atoms with Crippen LogP contribution in [0.3, 0.4) is 0 Å². The normalized spacial score (nSPS) is 46.2. The van der Waals surface area contributed by atoms with Crippen LogP contribution >= 0.6 is 12.4 Å². The minimum atomic E-state index is 0. The Kier molecular flexibility index (Phi) is 2.73. The molecule has 0 aromatic heterocycles. The molecule has 1 nitrogen and oxygen atoms in total. The highest BCUT2D eigenvalue weighted by molar-refractivity contribution is 5.85. The van der Waals surface area contributed by atoms with Gasteiger partial charge in [-0.1, -0.05) is 20.8 Å². The molecule has 2 rings (SSSR count). The smallest absolute Gasteiger partial charge is 0.00153 e. The van der Waals surface area contributed by atoms with E-state index < -0.39 is 0 Å². The first-order valence-corrected chi connectivity index (χ1v) is 5.22. The van der Waals surface area contributed by atoms with Crippen LogP contribution in [-0.2, 0) is 0 Å². The van der Waals surface area contributed by atoms with Crippen LogP contribution in [0.5, 0.6) is 0 Å². The highest BCUT2D eigenvalue weighted by Crippen LogP contribution is 2.65. The van der Waals surface area contributed by atoms with Crippen molar-refractivity contribution >= 4 is 12.4 Å². The average molecular weight is 204 g/mol. The van der Waals surface area contributed by atoms with Crippen LogP contribution in [0.15, 0.2) is 0 Å². The fourth-order valence-electron chi connectivity index (χ4n) is 3.64. The standard InChI is InChI=1S/C11H21N.ClH/c1-10(2)8-4-5-9(6-8)11(10,3)7-12;/h8-9H,4-7,12H2,1-3H3;1H. The number of rotatable bonds is 1. The summed E-state index contributed by atoms with van der Waals surface area (Å²) in [5, 5.41) is 0. The van der Waals surface area contributed by atoms with E-state index in [0.717, 1.165) is 18.4 Å². The minimum absolute atomic E-state index is 0. The van der Waals surface area contributed by atoms with Crippen LogP contribution in [0.1, 0.15) is 40.0 Å². The second-order valence-corrected chi connectivity index (χ2v) is 5.55. The Morgan fingerprint density at radius 3 is 2.00 bits per heavy atom. The van der Waals surface area contributed by atoms with Crippen LogP contribution in [0.4, 0.5) is 0 Å². The molecule has 0 aliphatic heterocycles. The lowest BCUT2D eigenvalue weighted by molar-refractivity contribution is 0.0295. The first-order chi connectivity index (χ1) is 5.52. The van der Waals surface area contributed by atoms with Gasteiger partial charge >= 0.3 is 0 Å². The lowest BCUT2D eigenvalue weighted by Gasteiger charge is -2.47. The average Bonchev–Trinajstić information content (AvgIpc) is 2.55. The minimum Gasteiger partial charge on any atom is -0.330 e. The monoisotopic (exact) mass is 203 g/mol. The molecule has 0 saturated heterocycles. The van der Waals surface area contributed by atoms with Crippen molar-refractivity contribution in [1.29, 1.82) is 0 Å². The number of nitrogens with two attached hydrogens (primary N) is 1. The van der Waals surface area contributed by atoms with E-state index in [2.05, 4.69) is 20.8 Å². The third-order valence-corrected chi connectivity index (χ3v) is 5.25. The van der Waals surface area contributed by atoms with Crippen LogP contribution < -0.4 is 5.73 Å². The van der Waals surface area contributed by atoms with Gasteiger partial charge in [-0.05, 0) is 48.5 Å². The van der Waals surface area contributed by atoms with E-state index in [1.807, 2.05) is 0 Å². The number of hydrogen-bond donors (Lipinski definition) is 1. The SMILES string of the molecule is CC1(C)C2CCC(C2)C1(C)CN.Cl. The van der Waals surface area contributed by atoms with Crippen molar-refractivity contribution in [1.82, 2.24) is 0 Å². The second kappa shape index (κ2) is 3.13. The van der Waals surface area contributed by atoms with Crippen LogP contribution in [0.2, 0.25) is 0 Å². The van der Waals surface area contributed by atoms with E-state index in [1.54, 1.807) is 0 Å². The van der Waals surface area contributed by atoms with Crippen LogP contribution in [-0.4, -0.2) is 6.54 Å². The number of halogens is 1. The number of fused-ring (bicyclic) bond motifs is 2. The Morgan fingerprint density at radius 2 is 1.69 bits per heavy atom. The molecular weight excluding hydrogens is 182 g/mol. The molecule has 2 fully saturated rings. The zero-order chi connectivity index (χ0) is 8.98. The molecule has 0 radical (unpaired) electrons. The molecule has 3 atom stereocenters. The Bertz CT molecular complexity index is 202. The molecule has 2 aliphatic rings. The molecule has 2 heteroatoms. The summed E-state index contributed by atoms with van der Waals surface area (Å²) in [6.45, 7) is 8.12. The lowest BCUT2D eigenvalue weighted by Crippen LogP contribution is -2.45. The summed E-state index contributed by atoms with van der Waals surface area (Å²) in [6.07, 6.45) is 4.33. The maximum Gasteiger partial charge on any atom is -0.00153 e. The fraction of sp³-hybridized carbons (Fsp3) is 1.00. The zero-order valence-electron chi connectivity index (χ0n) is 8.97. The van der Waals surface area contributed by atoms with Crippen molar-refractivity contribution < 1.29 is 0 Å². The molecule has 2 bridgehead atoms. The lowest BCUT2D eigenvalue weighted by atomic mass is 9.59. The summed E-state index contributed by atoms with van der Waals surface area (Å²) in [6, 6.07) is 0. The van der Waals surface area contributed by atoms with Crippen molar-refractivity contribution in [3.8, 4) is 0 Å². The van der Waals surface area contributed by atoms with Gasteiger partial charge in [-0.15, -0.1) is 12.4 Å². The molecule has 0 heterocycles. The van der Waals surface area contributed by atoms with Gasteiger partial charge in [0.15, 0.2) is 0 Å². The third-order valence-electron chi connectivity index (χ3n) is 5.25. The second-order valence-electron chi connectivity index (χ2n) is 5.55. The van der Waals surface area contributed by atoms with Gasteiger partial charge in [0.05, 0.1) is 0 Å². The molecule has 0 aromatic carbocycles. The Balaban J connectivity index is 0.000000845. The van der Waals surface area contributed by atoms with Gasteiger partial charge in [-0.3, -0.25) is 0 Å². The summed E-state index contributed by atoms with van der Waals surface area (Å²) in [5.41, 5.74) is 6.85. The molecule has 0 aromatic rings. The summed E-state index contributed by atoms with van der Waals surface area (Å²) in [5.74, 6) is 1.87. The maximum atomic E-state index is 5.93. The van der Waals surface area contributed by atoms with E-state index in [9.17, 15) is 0 Å². The topological polar surface area (TPSA) is 26.0 Å². The van der Waals surface area contributed by atoms with E-state index in [4.69, 9.17) is 5.73 Å². The van der Waals surface area contributed by atoms with E-state index in [1.165, 1.54) is 19.3 Å². The van der Waals surface area contributed by atoms with Gasteiger partial charge in [-0.2, -0.15) is 0 Å². The first kappa shape index (κ1) is 11.3. The molecule has 0 spiro atoms. The van der Waals surface area contributed by atoms with E-state index >= 15 is 0 Å². The molecule has 13 heavy (non-hydrogen) atoms. The quantitative estimate of drug-likeness (QED) is 0.697. The van der Waals surface area contributed by atoms with Gasteiger partial charge in [0, 0.05) is 0 Å². The molecule has 2 aliphatic carbocycles. The van der Waals surface area contributed by atoms with Crippen molar-refractivity contribution in [3.05, 3.63) is 0 Å². The van der Waals surface area contributed by atoms with E-state index in [-0.39, 0.29) is 12.4 Å². The van der Waals surface area contributed by atoms with Crippen LogP contribution in [0, 0.1) is 22.7 Å². The summed E-state index contributed by atoms with van der Waals surface area (Å²) in [7, 11) is 0. The van der Waals surface area contributed by atoms with Gasteiger partial charge in [0.2, 0.25) is 0 Å². The summed E-state index contributed by atoms with van der Waals surface area (Å²) in [4.78, 5) is 0. The van der Waals surface area contributed by atoms with Gasteiger partial charge in [0.1, 0.15) is 0 Å². The van der Waals surface area contributed by atoms with Crippen molar-refractivity contribution in [2.45, 2.75) is 40.0 Å². The zero-order valence-corrected chi connectivity index (χ0v) is 9.79. The van der Waals surface area contributed by atoms with Gasteiger partial charge in [0.25, 0.3) is 0 Å². The summed E-state index contributed by atoms with van der Waals surface area (Å²) >= 11 is 0. The third kappa shape index (κ3) is 1.16. The predicted molar refractivity (Wildman–Crippen MR) is 59.0 cm³/mol.